The molecule has 0 aliphatic rings. The van der Waals surface area contributed by atoms with E-state index < -0.39 is 0 Å². The molecule has 4 nitrogen and oxygen atoms in total. The van der Waals surface area contributed by atoms with E-state index in [-0.39, 0.29) is 5.91 Å². The predicted octanol–water partition coefficient (Wildman–Crippen LogP) is 3.49. The van der Waals surface area contributed by atoms with E-state index in [0.717, 1.165) is 38.3 Å². The zero-order chi connectivity index (χ0) is 19.2. The van der Waals surface area contributed by atoms with Crippen molar-refractivity contribution in [1.82, 2.24) is 4.98 Å². The Bertz CT molecular complexity index is 906. The normalized spacial score (nSPS) is 12.0. The third-order valence-corrected chi connectivity index (χ3v) is 5.91. The fourth-order valence-corrected chi connectivity index (χ4v) is 4.18. The van der Waals surface area contributed by atoms with Gasteiger partial charge < -0.3 is 10.2 Å². The molecule has 0 aliphatic heterocycles. The fraction of sp³-hybridized carbons (Fsp3) is 0.238. The van der Waals surface area contributed by atoms with Gasteiger partial charge in [-0.2, -0.15) is 0 Å². The van der Waals surface area contributed by atoms with Crippen LogP contribution in [0.3, 0.4) is 0 Å². The van der Waals surface area contributed by atoms with Crippen molar-refractivity contribution in [2.75, 3.05) is 25.2 Å². The second-order valence-corrected chi connectivity index (χ2v) is 8.28. The molecular weight excluding hydrogens is 374 g/mol. The number of thioether (sulfide) groups is 1. The number of amides is 1. The van der Waals surface area contributed by atoms with Crippen molar-refractivity contribution in [3.8, 4) is 10.6 Å². The van der Waals surface area contributed by atoms with Crippen molar-refractivity contribution in [1.29, 1.82) is 0 Å². The molecule has 1 amide bonds. The Morgan fingerprint density at radius 1 is 1.19 bits per heavy atom. The molecule has 140 valence electrons. The average Bonchev–Trinajstić information content (AvgIpc) is 3.10. The van der Waals surface area contributed by atoms with E-state index in [0.29, 0.717) is 6.54 Å². The van der Waals surface area contributed by atoms with Crippen LogP contribution in [0.15, 0.2) is 58.8 Å². The molecule has 1 atom stereocenters. The molecule has 1 aromatic heterocycles. The van der Waals surface area contributed by atoms with Gasteiger partial charge in [-0.3, -0.25) is 4.79 Å². The highest BCUT2D eigenvalue weighted by Crippen LogP contribution is 2.25. The molecule has 1 heterocycles. The lowest BCUT2D eigenvalue weighted by Crippen LogP contribution is -3.08. The van der Waals surface area contributed by atoms with Gasteiger partial charge in [-0.15, -0.1) is 23.1 Å². The summed E-state index contributed by atoms with van der Waals surface area (Å²) in [6.07, 6.45) is 2.01. The number of rotatable bonds is 7. The molecule has 1 unspecified atom stereocenters. The number of anilines is 1. The minimum absolute atomic E-state index is 0.0167. The van der Waals surface area contributed by atoms with Gasteiger partial charge in [0.25, 0.3) is 5.91 Å². The summed E-state index contributed by atoms with van der Waals surface area (Å²) in [5.41, 5.74) is 4.28. The second-order valence-electron chi connectivity index (χ2n) is 6.57. The summed E-state index contributed by atoms with van der Waals surface area (Å²) in [6, 6.07) is 16.3. The van der Waals surface area contributed by atoms with E-state index >= 15 is 0 Å². The van der Waals surface area contributed by atoms with Crippen molar-refractivity contribution >= 4 is 34.7 Å². The Labute approximate surface area is 168 Å². The van der Waals surface area contributed by atoms with Crippen LogP contribution in [0.5, 0.6) is 0 Å². The van der Waals surface area contributed by atoms with Gasteiger partial charge >= 0.3 is 0 Å². The molecule has 0 radical (unpaired) electrons. The van der Waals surface area contributed by atoms with Gasteiger partial charge in [-0.05, 0) is 25.3 Å². The molecule has 0 aliphatic carbocycles. The van der Waals surface area contributed by atoms with Crippen LogP contribution >= 0.6 is 23.1 Å². The van der Waals surface area contributed by atoms with Crippen molar-refractivity contribution in [3.63, 3.8) is 0 Å². The standard InChI is InChI=1S/C21H23N3OS2/c1-15-8-10-16(11-9-15)21-22-17(14-27-21)12-24(2)13-20(25)23-18-6-4-5-7-19(18)26-3/h4-11,14H,12-13H2,1-3H3,(H,23,25)/p+1. The van der Waals surface area contributed by atoms with Gasteiger partial charge in [-0.25, -0.2) is 4.98 Å². The maximum absolute atomic E-state index is 12.4. The van der Waals surface area contributed by atoms with Gasteiger partial charge in [0.15, 0.2) is 6.54 Å². The fourth-order valence-electron chi connectivity index (χ4n) is 2.80. The third-order valence-electron chi connectivity index (χ3n) is 4.18. The van der Waals surface area contributed by atoms with Gasteiger partial charge in [0, 0.05) is 15.8 Å². The second kappa shape index (κ2) is 9.17. The zero-order valence-electron chi connectivity index (χ0n) is 15.8. The summed E-state index contributed by atoms with van der Waals surface area (Å²) in [7, 11) is 2.02. The number of carbonyl (C=O) groups excluding carboxylic acids is 1. The van der Waals surface area contributed by atoms with Crippen LogP contribution in [0, 0.1) is 6.92 Å². The zero-order valence-corrected chi connectivity index (χ0v) is 17.4. The van der Waals surface area contributed by atoms with E-state index in [1.165, 1.54) is 5.56 Å². The molecule has 0 bridgehead atoms. The van der Waals surface area contributed by atoms with Crippen LogP contribution in [0.25, 0.3) is 10.6 Å². The Hall–Kier alpha value is -2.15. The van der Waals surface area contributed by atoms with Crippen LogP contribution in [0.2, 0.25) is 0 Å². The van der Waals surface area contributed by atoms with Gasteiger partial charge in [0.1, 0.15) is 17.2 Å². The van der Waals surface area contributed by atoms with Crippen LogP contribution in [-0.2, 0) is 11.3 Å². The molecule has 3 rings (SSSR count). The number of thiazole rings is 1. The smallest absolute Gasteiger partial charge is 0.279 e. The molecular formula is C21H24N3OS2+. The van der Waals surface area contributed by atoms with E-state index in [4.69, 9.17) is 4.98 Å². The molecule has 6 heteroatoms. The van der Waals surface area contributed by atoms with Crippen LogP contribution in [0.1, 0.15) is 11.3 Å². The summed E-state index contributed by atoms with van der Waals surface area (Å²) >= 11 is 3.28. The number of quaternary nitrogens is 1. The maximum atomic E-state index is 12.4. The third kappa shape index (κ3) is 5.42. The number of nitrogens with one attached hydrogen (secondary N) is 2. The Morgan fingerprint density at radius 3 is 2.67 bits per heavy atom. The molecule has 0 saturated heterocycles. The van der Waals surface area contributed by atoms with Gasteiger partial charge in [0.05, 0.1) is 12.7 Å². The van der Waals surface area contributed by atoms with E-state index in [1.807, 2.05) is 37.6 Å². The highest BCUT2D eigenvalue weighted by Gasteiger charge is 2.14. The van der Waals surface area contributed by atoms with Crippen molar-refractivity contribution in [2.24, 2.45) is 0 Å². The lowest BCUT2D eigenvalue weighted by molar-refractivity contribution is -0.885. The maximum Gasteiger partial charge on any atom is 0.279 e. The Kier molecular flexibility index (Phi) is 6.66. The number of hydrogen-bond donors (Lipinski definition) is 2. The van der Waals surface area contributed by atoms with Gasteiger partial charge in [0.2, 0.25) is 0 Å². The number of carbonyl (C=O) groups is 1. The highest BCUT2D eigenvalue weighted by molar-refractivity contribution is 7.98. The van der Waals surface area contributed by atoms with Gasteiger partial charge in [-0.1, -0.05) is 42.0 Å². The summed E-state index contributed by atoms with van der Waals surface area (Å²) in [6.45, 7) is 3.21. The minimum atomic E-state index is 0.0167. The topological polar surface area (TPSA) is 46.4 Å². The number of aromatic nitrogens is 1. The van der Waals surface area contributed by atoms with E-state index in [1.54, 1.807) is 23.1 Å². The number of para-hydroxylation sites is 1. The lowest BCUT2D eigenvalue weighted by Gasteiger charge is -2.13. The first-order valence-electron chi connectivity index (χ1n) is 8.81. The van der Waals surface area contributed by atoms with Crippen molar-refractivity contribution < 1.29 is 9.69 Å². The first kappa shape index (κ1) is 19.6. The summed E-state index contributed by atoms with van der Waals surface area (Å²) in [5.74, 6) is 0.0167. The molecule has 2 aromatic carbocycles. The minimum Gasteiger partial charge on any atom is -0.325 e. The highest BCUT2D eigenvalue weighted by atomic mass is 32.2. The molecule has 0 fully saturated rings. The number of benzene rings is 2. The van der Waals surface area contributed by atoms with Crippen molar-refractivity contribution in [2.45, 2.75) is 18.4 Å². The number of nitrogens with zero attached hydrogens (tertiary/aromatic N) is 1. The number of hydrogen-bond acceptors (Lipinski definition) is 4. The molecule has 3 aromatic rings. The molecule has 0 saturated carbocycles. The predicted molar refractivity (Wildman–Crippen MR) is 115 cm³/mol. The summed E-state index contributed by atoms with van der Waals surface area (Å²) in [4.78, 5) is 19.3. The number of likely N-dealkylation sites (N-methyl/N-ethyl adjacent to an activating group) is 1. The van der Waals surface area contributed by atoms with Crippen LogP contribution < -0.4 is 10.2 Å². The van der Waals surface area contributed by atoms with E-state index in [9.17, 15) is 4.79 Å². The van der Waals surface area contributed by atoms with E-state index in [2.05, 4.69) is 41.9 Å². The molecule has 0 spiro atoms. The lowest BCUT2D eigenvalue weighted by atomic mass is 10.2. The first-order valence-corrected chi connectivity index (χ1v) is 10.9. The largest absolute Gasteiger partial charge is 0.325 e. The van der Waals surface area contributed by atoms with Crippen molar-refractivity contribution in [3.05, 3.63) is 65.2 Å². The summed E-state index contributed by atoms with van der Waals surface area (Å²) in [5, 5.41) is 6.12. The first-order chi connectivity index (χ1) is 13.0. The molecule has 27 heavy (non-hydrogen) atoms. The van der Waals surface area contributed by atoms with Crippen LogP contribution in [0.4, 0.5) is 5.69 Å². The quantitative estimate of drug-likeness (QED) is 0.599. The average molecular weight is 399 g/mol. The monoisotopic (exact) mass is 398 g/mol. The molecule has 2 N–H and O–H groups in total. The SMILES string of the molecule is CSc1ccccc1NC(=O)C[NH+](C)Cc1csc(-c2ccc(C)cc2)n1. The summed E-state index contributed by atoms with van der Waals surface area (Å²) < 4.78 is 0. The number of aryl methyl sites for hydroxylation is 1. The Morgan fingerprint density at radius 2 is 1.93 bits per heavy atom. The Balaban J connectivity index is 1.57. The van der Waals surface area contributed by atoms with Crippen LogP contribution in [-0.4, -0.2) is 30.7 Å².